The number of ether oxygens (including phenoxy) is 1. The Labute approximate surface area is 110 Å². The number of primary amides is 1. The molecule has 0 spiro atoms. The van der Waals surface area contributed by atoms with Gasteiger partial charge in [-0.15, -0.1) is 13.2 Å². The van der Waals surface area contributed by atoms with E-state index in [2.05, 4.69) is 15.5 Å². The van der Waals surface area contributed by atoms with Crippen LogP contribution in [0.5, 0.6) is 5.88 Å². The molecule has 0 aliphatic carbocycles. The summed E-state index contributed by atoms with van der Waals surface area (Å²) in [6.07, 6.45) is -10.9. The number of carbonyl (C=O) groups excluding carboxylic acids is 1. The molecule has 0 aliphatic heterocycles. The van der Waals surface area contributed by atoms with Crippen molar-refractivity contribution in [1.82, 2.24) is 4.98 Å². The molecule has 1 amide bonds. The predicted octanol–water partition coefficient (Wildman–Crippen LogP) is 2.01. The van der Waals surface area contributed by atoms with E-state index in [1.807, 2.05) is 0 Å². The van der Waals surface area contributed by atoms with Crippen LogP contribution in [0, 0.1) is 10.1 Å². The Kier molecular flexibility index (Phi) is 3.97. The monoisotopic (exact) mass is 319 g/mol. The van der Waals surface area contributed by atoms with E-state index in [1.165, 1.54) is 0 Å². The molecule has 0 saturated carbocycles. The highest BCUT2D eigenvalue weighted by molar-refractivity contribution is 5.95. The lowest BCUT2D eigenvalue weighted by Gasteiger charge is -2.13. The molecule has 0 radical (unpaired) electrons. The number of nitrogens with zero attached hydrogens (tertiary/aromatic N) is 2. The second kappa shape index (κ2) is 5.06. The number of nitro groups is 1. The maximum atomic E-state index is 12.5. The number of alkyl halides is 6. The molecule has 1 heterocycles. The molecule has 1 aromatic heterocycles. The average molecular weight is 319 g/mol. The summed E-state index contributed by atoms with van der Waals surface area (Å²) in [6, 6.07) is -0.0841. The fourth-order valence-electron chi connectivity index (χ4n) is 1.20. The maximum absolute atomic E-state index is 12.5. The van der Waals surface area contributed by atoms with Crippen LogP contribution in [0.2, 0.25) is 0 Å². The number of amides is 1. The zero-order chi connectivity index (χ0) is 16.6. The van der Waals surface area contributed by atoms with Gasteiger partial charge >= 0.3 is 18.2 Å². The van der Waals surface area contributed by atoms with Crippen molar-refractivity contribution in [2.75, 3.05) is 0 Å². The summed E-state index contributed by atoms with van der Waals surface area (Å²) in [4.78, 5) is 22.2. The lowest BCUT2D eigenvalue weighted by molar-refractivity contribution is -0.388. The lowest BCUT2D eigenvalue weighted by atomic mass is 10.2. The van der Waals surface area contributed by atoms with Crippen LogP contribution in [0.3, 0.4) is 0 Å². The summed E-state index contributed by atoms with van der Waals surface area (Å²) in [7, 11) is 0. The van der Waals surface area contributed by atoms with E-state index < -0.39 is 46.2 Å². The second-order valence-electron chi connectivity index (χ2n) is 3.38. The van der Waals surface area contributed by atoms with E-state index in [4.69, 9.17) is 0 Å². The van der Waals surface area contributed by atoms with Gasteiger partial charge in [0.25, 0.3) is 5.91 Å². The van der Waals surface area contributed by atoms with Gasteiger partial charge in [-0.2, -0.15) is 13.2 Å². The summed E-state index contributed by atoms with van der Waals surface area (Å²) in [6.45, 7) is 0. The summed E-state index contributed by atoms with van der Waals surface area (Å²) >= 11 is 0. The maximum Gasteiger partial charge on any atom is 0.574 e. The molecule has 13 heteroatoms. The number of hydrogen-bond acceptors (Lipinski definition) is 5. The van der Waals surface area contributed by atoms with Crippen molar-refractivity contribution < 1.29 is 40.8 Å². The Balaban J connectivity index is 3.63. The van der Waals surface area contributed by atoms with Gasteiger partial charge in [0.1, 0.15) is 5.56 Å². The molecule has 1 rings (SSSR count). The van der Waals surface area contributed by atoms with E-state index >= 15 is 0 Å². The van der Waals surface area contributed by atoms with E-state index in [0.29, 0.717) is 0 Å². The van der Waals surface area contributed by atoms with Gasteiger partial charge in [-0.3, -0.25) is 14.9 Å². The fourth-order valence-corrected chi connectivity index (χ4v) is 1.20. The first-order valence-corrected chi connectivity index (χ1v) is 4.65. The van der Waals surface area contributed by atoms with Gasteiger partial charge in [0.15, 0.2) is 0 Å². The summed E-state index contributed by atoms with van der Waals surface area (Å²) in [5.41, 5.74) is -0.665. The topological polar surface area (TPSA) is 108 Å². The van der Waals surface area contributed by atoms with Gasteiger partial charge in [0.2, 0.25) is 11.6 Å². The number of halogens is 6. The normalized spacial score (nSPS) is 12.1. The van der Waals surface area contributed by atoms with Gasteiger partial charge in [-0.05, 0) is 0 Å². The van der Waals surface area contributed by atoms with Crippen LogP contribution in [0.25, 0.3) is 0 Å². The molecule has 0 atom stereocenters. The van der Waals surface area contributed by atoms with Crippen LogP contribution in [0.15, 0.2) is 6.07 Å². The van der Waals surface area contributed by atoms with Crippen molar-refractivity contribution in [3.63, 3.8) is 0 Å². The molecular formula is C8H3F6N3O4. The molecular weight excluding hydrogens is 316 g/mol. The SMILES string of the molecule is NC(=O)c1cc([N+](=O)[O-])c(C(F)(F)F)nc1OC(F)(F)F. The third kappa shape index (κ3) is 3.93. The standard InChI is InChI=1S/C8H3F6N3O4/c9-7(10,11)4-3(17(19)20)1-2(5(15)18)6(16-4)21-8(12,13)14/h1H,(H2,15,18). The number of hydrogen-bond donors (Lipinski definition) is 1. The fraction of sp³-hybridized carbons (Fsp3) is 0.250. The molecule has 21 heavy (non-hydrogen) atoms. The highest BCUT2D eigenvalue weighted by Gasteiger charge is 2.43. The first-order chi connectivity index (χ1) is 9.33. The van der Waals surface area contributed by atoms with Gasteiger partial charge in [-0.1, -0.05) is 0 Å². The zero-order valence-electron chi connectivity index (χ0n) is 9.45. The highest BCUT2D eigenvalue weighted by Crippen LogP contribution is 2.38. The molecule has 0 saturated heterocycles. The number of aromatic nitrogens is 1. The van der Waals surface area contributed by atoms with Crippen molar-refractivity contribution >= 4 is 11.6 Å². The van der Waals surface area contributed by atoms with Gasteiger partial charge in [-0.25, -0.2) is 4.98 Å². The van der Waals surface area contributed by atoms with Gasteiger partial charge in [0, 0.05) is 6.07 Å². The van der Waals surface area contributed by atoms with Crippen molar-refractivity contribution in [3.8, 4) is 5.88 Å². The molecule has 0 aromatic carbocycles. The zero-order valence-corrected chi connectivity index (χ0v) is 9.45. The highest BCUT2D eigenvalue weighted by atomic mass is 19.4. The Morgan fingerprint density at radius 2 is 1.81 bits per heavy atom. The van der Waals surface area contributed by atoms with E-state index in [9.17, 15) is 41.3 Å². The Morgan fingerprint density at radius 3 is 2.14 bits per heavy atom. The number of rotatable bonds is 3. The summed E-state index contributed by atoms with van der Waals surface area (Å²) in [5.74, 6) is -3.51. The Morgan fingerprint density at radius 1 is 1.29 bits per heavy atom. The Bertz CT molecular complexity index is 597. The van der Waals surface area contributed by atoms with E-state index in [0.717, 1.165) is 0 Å². The molecule has 116 valence electrons. The molecule has 2 N–H and O–H groups in total. The number of nitrogens with two attached hydrogens (primary N) is 1. The van der Waals surface area contributed by atoms with Gasteiger partial charge < -0.3 is 10.5 Å². The first kappa shape index (κ1) is 16.5. The third-order valence-corrected chi connectivity index (χ3v) is 1.91. The lowest BCUT2D eigenvalue weighted by Crippen LogP contribution is -2.24. The summed E-state index contributed by atoms with van der Waals surface area (Å²) in [5, 5.41) is 10.5. The quantitative estimate of drug-likeness (QED) is 0.521. The summed E-state index contributed by atoms with van der Waals surface area (Å²) < 4.78 is 76.9. The van der Waals surface area contributed by atoms with E-state index in [-0.39, 0.29) is 6.07 Å². The van der Waals surface area contributed by atoms with Crippen LogP contribution < -0.4 is 10.5 Å². The van der Waals surface area contributed by atoms with Crippen LogP contribution in [-0.4, -0.2) is 22.2 Å². The molecule has 1 aromatic rings. The smallest absolute Gasteiger partial charge is 0.387 e. The van der Waals surface area contributed by atoms with Crippen molar-refractivity contribution in [2.24, 2.45) is 5.73 Å². The van der Waals surface area contributed by atoms with E-state index in [1.54, 1.807) is 0 Å². The number of pyridine rings is 1. The third-order valence-electron chi connectivity index (χ3n) is 1.91. The molecule has 0 aliphatic rings. The first-order valence-electron chi connectivity index (χ1n) is 4.65. The Hall–Kier alpha value is -2.60. The minimum absolute atomic E-state index is 0.0841. The van der Waals surface area contributed by atoms with Crippen LogP contribution in [0.1, 0.15) is 16.1 Å². The van der Waals surface area contributed by atoms with Gasteiger partial charge in [0.05, 0.1) is 4.92 Å². The van der Waals surface area contributed by atoms with Crippen molar-refractivity contribution in [3.05, 3.63) is 27.4 Å². The van der Waals surface area contributed by atoms with Crippen molar-refractivity contribution in [1.29, 1.82) is 0 Å². The largest absolute Gasteiger partial charge is 0.574 e. The average Bonchev–Trinajstić information content (AvgIpc) is 2.24. The van der Waals surface area contributed by atoms with Crippen molar-refractivity contribution in [2.45, 2.75) is 12.5 Å². The molecule has 0 fully saturated rings. The number of carbonyl (C=O) groups is 1. The molecule has 0 unspecified atom stereocenters. The molecule has 0 bridgehead atoms. The van der Waals surface area contributed by atoms with Crippen LogP contribution in [-0.2, 0) is 6.18 Å². The second-order valence-corrected chi connectivity index (χ2v) is 3.38. The van der Waals surface area contributed by atoms with Crippen LogP contribution in [0.4, 0.5) is 32.0 Å². The minimum Gasteiger partial charge on any atom is -0.387 e. The van der Waals surface area contributed by atoms with Crippen LogP contribution >= 0.6 is 0 Å². The minimum atomic E-state index is -5.48. The predicted molar refractivity (Wildman–Crippen MR) is 51.1 cm³/mol. The molecule has 7 nitrogen and oxygen atoms in total.